The van der Waals surface area contributed by atoms with Gasteiger partial charge in [0.05, 0.1) is 0 Å². The molecule has 0 aliphatic heterocycles. The molecule has 0 bridgehead atoms. The molecular weight excluding hydrogens is 264 g/mol. The maximum atomic E-state index is 11.4. The number of nitrogens with two attached hydrogens (primary N) is 1. The molecule has 0 saturated carbocycles. The van der Waals surface area contributed by atoms with Crippen LogP contribution in [0.25, 0.3) is 10.9 Å². The molecule has 4 nitrogen and oxygen atoms in total. The SMILES string of the molecule is NC(C(=O)O)C(c1ccccc1)c1c[nH]c2ccccc12. The number of aromatic nitrogens is 1. The summed E-state index contributed by atoms with van der Waals surface area (Å²) in [5, 5.41) is 10.4. The van der Waals surface area contributed by atoms with Gasteiger partial charge in [-0.15, -0.1) is 0 Å². The fourth-order valence-corrected chi connectivity index (χ4v) is 2.73. The van der Waals surface area contributed by atoms with E-state index in [1.54, 1.807) is 0 Å². The van der Waals surface area contributed by atoms with Gasteiger partial charge < -0.3 is 15.8 Å². The number of benzene rings is 2. The van der Waals surface area contributed by atoms with E-state index in [0.717, 1.165) is 22.0 Å². The molecule has 21 heavy (non-hydrogen) atoms. The molecule has 0 saturated heterocycles. The van der Waals surface area contributed by atoms with Crippen LogP contribution in [-0.4, -0.2) is 22.1 Å². The summed E-state index contributed by atoms with van der Waals surface area (Å²) in [5.74, 6) is -1.39. The van der Waals surface area contributed by atoms with Crippen molar-refractivity contribution in [2.45, 2.75) is 12.0 Å². The lowest BCUT2D eigenvalue weighted by Crippen LogP contribution is -2.37. The average Bonchev–Trinajstić information content (AvgIpc) is 2.93. The first kappa shape index (κ1) is 13.4. The van der Waals surface area contributed by atoms with E-state index in [1.165, 1.54) is 0 Å². The Morgan fingerprint density at radius 1 is 1.05 bits per heavy atom. The minimum absolute atomic E-state index is 0.389. The highest BCUT2D eigenvalue weighted by Gasteiger charge is 2.29. The predicted molar refractivity (Wildman–Crippen MR) is 82.2 cm³/mol. The number of para-hydroxylation sites is 1. The lowest BCUT2D eigenvalue weighted by molar-refractivity contribution is -0.138. The van der Waals surface area contributed by atoms with Gasteiger partial charge in [-0.2, -0.15) is 0 Å². The van der Waals surface area contributed by atoms with Crippen molar-refractivity contribution in [3.05, 3.63) is 71.9 Å². The summed E-state index contributed by atoms with van der Waals surface area (Å²) in [6, 6.07) is 16.3. The Morgan fingerprint density at radius 2 is 1.71 bits per heavy atom. The van der Waals surface area contributed by atoms with Crippen LogP contribution in [0.5, 0.6) is 0 Å². The molecule has 2 atom stereocenters. The van der Waals surface area contributed by atoms with Crippen molar-refractivity contribution in [3.8, 4) is 0 Å². The van der Waals surface area contributed by atoms with Gasteiger partial charge in [-0.1, -0.05) is 48.5 Å². The van der Waals surface area contributed by atoms with E-state index >= 15 is 0 Å². The lowest BCUT2D eigenvalue weighted by atomic mass is 9.85. The van der Waals surface area contributed by atoms with E-state index in [1.807, 2.05) is 60.8 Å². The number of carbonyl (C=O) groups is 1. The molecule has 106 valence electrons. The van der Waals surface area contributed by atoms with Crippen LogP contribution in [-0.2, 0) is 4.79 Å². The molecule has 0 fully saturated rings. The number of fused-ring (bicyclic) bond motifs is 1. The summed E-state index contributed by atoms with van der Waals surface area (Å²) in [6.07, 6.45) is 1.85. The summed E-state index contributed by atoms with van der Waals surface area (Å²) in [6.45, 7) is 0. The van der Waals surface area contributed by atoms with Gasteiger partial charge in [0.2, 0.25) is 0 Å². The normalized spacial score (nSPS) is 14.0. The summed E-state index contributed by atoms with van der Waals surface area (Å²) < 4.78 is 0. The zero-order valence-electron chi connectivity index (χ0n) is 11.4. The van der Waals surface area contributed by atoms with Crippen molar-refractivity contribution >= 4 is 16.9 Å². The van der Waals surface area contributed by atoms with Crippen molar-refractivity contribution < 1.29 is 9.90 Å². The van der Waals surface area contributed by atoms with E-state index in [-0.39, 0.29) is 5.92 Å². The van der Waals surface area contributed by atoms with E-state index in [9.17, 15) is 9.90 Å². The van der Waals surface area contributed by atoms with Gasteiger partial charge in [-0.25, -0.2) is 0 Å². The molecular formula is C17H16N2O2. The summed E-state index contributed by atoms with van der Waals surface area (Å²) in [7, 11) is 0. The summed E-state index contributed by atoms with van der Waals surface area (Å²) in [4.78, 5) is 14.6. The molecule has 2 unspecified atom stereocenters. The molecule has 0 spiro atoms. The second-order valence-electron chi connectivity index (χ2n) is 5.04. The number of rotatable bonds is 4. The number of aliphatic carboxylic acids is 1. The Morgan fingerprint density at radius 3 is 2.43 bits per heavy atom. The largest absolute Gasteiger partial charge is 0.480 e. The number of H-pyrrole nitrogens is 1. The molecule has 0 amide bonds. The van der Waals surface area contributed by atoms with E-state index in [4.69, 9.17) is 5.73 Å². The molecule has 0 aliphatic rings. The third-order valence-electron chi connectivity index (χ3n) is 3.76. The van der Waals surface area contributed by atoms with Gasteiger partial charge in [-0.3, -0.25) is 4.79 Å². The highest BCUT2D eigenvalue weighted by Crippen LogP contribution is 2.32. The van der Waals surface area contributed by atoms with Crippen LogP contribution in [0.1, 0.15) is 17.0 Å². The summed E-state index contributed by atoms with van der Waals surface area (Å²) >= 11 is 0. The van der Waals surface area contributed by atoms with Crippen LogP contribution >= 0.6 is 0 Å². The number of carboxylic acid groups (broad SMARTS) is 1. The smallest absolute Gasteiger partial charge is 0.321 e. The zero-order chi connectivity index (χ0) is 14.8. The Hall–Kier alpha value is -2.59. The Bertz CT molecular complexity index is 765. The van der Waals surface area contributed by atoms with E-state index in [0.29, 0.717) is 0 Å². The van der Waals surface area contributed by atoms with Crippen LogP contribution in [0.15, 0.2) is 60.8 Å². The lowest BCUT2D eigenvalue weighted by Gasteiger charge is -2.21. The zero-order valence-corrected chi connectivity index (χ0v) is 11.4. The first-order valence-corrected chi connectivity index (χ1v) is 6.78. The Labute approximate surface area is 122 Å². The molecule has 4 N–H and O–H groups in total. The summed E-state index contributed by atoms with van der Waals surface area (Å²) in [5.41, 5.74) is 8.75. The molecule has 2 aromatic carbocycles. The minimum atomic E-state index is -1.01. The van der Waals surface area contributed by atoms with Crippen LogP contribution in [0, 0.1) is 0 Å². The maximum absolute atomic E-state index is 11.4. The van der Waals surface area contributed by atoms with Crippen molar-refractivity contribution in [2.75, 3.05) is 0 Å². The second-order valence-corrected chi connectivity index (χ2v) is 5.04. The van der Waals surface area contributed by atoms with Crippen molar-refractivity contribution in [3.63, 3.8) is 0 Å². The number of hydrogen-bond donors (Lipinski definition) is 3. The average molecular weight is 280 g/mol. The molecule has 1 heterocycles. The topological polar surface area (TPSA) is 79.1 Å². The van der Waals surface area contributed by atoms with Gasteiger partial charge in [0.25, 0.3) is 0 Å². The molecule has 1 aromatic heterocycles. The van der Waals surface area contributed by atoms with Gasteiger partial charge in [0.15, 0.2) is 0 Å². The fourth-order valence-electron chi connectivity index (χ4n) is 2.73. The monoisotopic (exact) mass is 280 g/mol. The van der Waals surface area contributed by atoms with Crippen molar-refractivity contribution in [1.82, 2.24) is 4.98 Å². The minimum Gasteiger partial charge on any atom is -0.480 e. The van der Waals surface area contributed by atoms with Crippen molar-refractivity contribution in [1.29, 1.82) is 0 Å². The van der Waals surface area contributed by atoms with E-state index < -0.39 is 12.0 Å². The number of nitrogens with one attached hydrogen (secondary N) is 1. The van der Waals surface area contributed by atoms with E-state index in [2.05, 4.69) is 4.98 Å². The highest BCUT2D eigenvalue weighted by molar-refractivity contribution is 5.86. The fraction of sp³-hybridized carbons (Fsp3) is 0.118. The highest BCUT2D eigenvalue weighted by atomic mass is 16.4. The van der Waals surface area contributed by atoms with Gasteiger partial charge in [-0.05, 0) is 17.2 Å². The van der Waals surface area contributed by atoms with Crippen LogP contribution in [0.3, 0.4) is 0 Å². The van der Waals surface area contributed by atoms with Crippen LogP contribution in [0.2, 0.25) is 0 Å². The Balaban J connectivity index is 2.18. The third-order valence-corrected chi connectivity index (χ3v) is 3.76. The molecule has 0 aliphatic carbocycles. The van der Waals surface area contributed by atoms with Gasteiger partial charge >= 0.3 is 5.97 Å². The maximum Gasteiger partial charge on any atom is 0.321 e. The molecule has 3 rings (SSSR count). The number of hydrogen-bond acceptors (Lipinski definition) is 2. The third kappa shape index (κ3) is 2.41. The van der Waals surface area contributed by atoms with Gasteiger partial charge in [0, 0.05) is 23.0 Å². The number of carboxylic acids is 1. The second kappa shape index (κ2) is 5.42. The molecule has 3 aromatic rings. The quantitative estimate of drug-likeness (QED) is 0.687. The number of aromatic amines is 1. The van der Waals surface area contributed by atoms with Crippen LogP contribution < -0.4 is 5.73 Å². The van der Waals surface area contributed by atoms with Gasteiger partial charge in [0.1, 0.15) is 6.04 Å². The molecule has 4 heteroatoms. The first-order chi connectivity index (χ1) is 10.2. The predicted octanol–water partition coefficient (Wildman–Crippen LogP) is 2.71. The standard InChI is InChI=1S/C17H16N2O2/c18-16(17(20)21)15(11-6-2-1-3-7-11)13-10-19-14-9-5-4-8-12(13)14/h1-10,15-16,19H,18H2,(H,20,21). The van der Waals surface area contributed by atoms with Crippen molar-refractivity contribution in [2.24, 2.45) is 5.73 Å². The molecule has 0 radical (unpaired) electrons. The van der Waals surface area contributed by atoms with Crippen LogP contribution in [0.4, 0.5) is 0 Å². The Kier molecular flexibility index (Phi) is 3.46. The first-order valence-electron chi connectivity index (χ1n) is 6.78.